The Bertz CT molecular complexity index is 1060. The summed E-state index contributed by atoms with van der Waals surface area (Å²) in [5, 5.41) is 0. The Balaban J connectivity index is 1.68. The first-order valence-corrected chi connectivity index (χ1v) is 10.1. The molecule has 0 amide bonds. The van der Waals surface area contributed by atoms with Gasteiger partial charge in [-0.15, -0.1) is 0 Å². The van der Waals surface area contributed by atoms with Crippen LogP contribution in [0.3, 0.4) is 0 Å². The van der Waals surface area contributed by atoms with E-state index >= 15 is 0 Å². The highest BCUT2D eigenvalue weighted by atomic mass is 14.7. The second-order valence-corrected chi connectivity index (χ2v) is 9.55. The molecule has 2 aliphatic carbocycles. The van der Waals surface area contributed by atoms with Crippen LogP contribution in [0.5, 0.6) is 0 Å². The topological polar surface area (TPSA) is 12.9 Å². The third-order valence-corrected chi connectivity index (χ3v) is 6.86. The van der Waals surface area contributed by atoms with Gasteiger partial charge in [0.25, 0.3) is 0 Å². The van der Waals surface area contributed by atoms with E-state index in [1.165, 1.54) is 51.8 Å². The summed E-state index contributed by atoms with van der Waals surface area (Å²) in [5.74, 6) is 0. The molecular formula is C26H27N. The molecule has 0 saturated heterocycles. The van der Waals surface area contributed by atoms with Crippen molar-refractivity contribution in [3.05, 3.63) is 77.0 Å². The fraction of sp³-hybridized carbons (Fsp3) is 0.346. The number of nitrogens with zero attached hydrogens (tertiary/aromatic N) is 1. The Labute approximate surface area is 162 Å². The molecule has 1 nitrogen and oxygen atoms in total. The highest BCUT2D eigenvalue weighted by molar-refractivity contribution is 5.84. The summed E-state index contributed by atoms with van der Waals surface area (Å²) in [6, 6.07) is 17.9. The monoisotopic (exact) mass is 353 g/mol. The molecule has 0 fully saturated rings. The molecule has 0 radical (unpaired) electrons. The lowest BCUT2D eigenvalue weighted by molar-refractivity contribution is 0.331. The smallest absolute Gasteiger partial charge is 0.0708 e. The van der Waals surface area contributed by atoms with E-state index in [4.69, 9.17) is 4.98 Å². The van der Waals surface area contributed by atoms with Crippen molar-refractivity contribution in [1.29, 1.82) is 0 Å². The van der Waals surface area contributed by atoms with Crippen molar-refractivity contribution in [1.82, 2.24) is 4.98 Å². The summed E-state index contributed by atoms with van der Waals surface area (Å²) in [6.45, 7) is 9.49. The number of pyridine rings is 1. The maximum absolute atomic E-state index is 4.96. The zero-order valence-electron chi connectivity index (χ0n) is 16.8. The number of hydrogen-bond donors (Lipinski definition) is 0. The van der Waals surface area contributed by atoms with E-state index in [0.717, 1.165) is 12.1 Å². The highest BCUT2D eigenvalue weighted by Gasteiger charge is 2.37. The Hall–Kier alpha value is -2.41. The first-order chi connectivity index (χ1) is 12.9. The van der Waals surface area contributed by atoms with Crippen LogP contribution in [0.15, 0.2) is 54.7 Å². The van der Waals surface area contributed by atoms with Gasteiger partial charge >= 0.3 is 0 Å². The van der Waals surface area contributed by atoms with Gasteiger partial charge in [-0.1, -0.05) is 70.2 Å². The molecule has 1 heteroatoms. The fourth-order valence-corrected chi connectivity index (χ4v) is 4.99. The fourth-order valence-electron chi connectivity index (χ4n) is 4.99. The molecule has 1 aromatic heterocycles. The van der Waals surface area contributed by atoms with Crippen molar-refractivity contribution in [3.63, 3.8) is 0 Å². The zero-order chi connectivity index (χ0) is 18.8. The molecule has 5 rings (SSSR count). The van der Waals surface area contributed by atoms with Gasteiger partial charge in [-0.05, 0) is 69.5 Å². The quantitative estimate of drug-likeness (QED) is 0.372. The predicted octanol–water partition coefficient (Wildman–Crippen LogP) is 6.67. The summed E-state index contributed by atoms with van der Waals surface area (Å²) >= 11 is 0. The van der Waals surface area contributed by atoms with Gasteiger partial charge < -0.3 is 0 Å². The van der Waals surface area contributed by atoms with Crippen LogP contribution in [-0.2, 0) is 17.3 Å². The summed E-state index contributed by atoms with van der Waals surface area (Å²) in [4.78, 5) is 4.96. The Kier molecular flexibility index (Phi) is 3.44. The molecule has 0 spiro atoms. The van der Waals surface area contributed by atoms with Crippen molar-refractivity contribution in [2.45, 2.75) is 57.8 Å². The SMILES string of the molecule is CC1(C)CCC(C)(C)c2cc(-c3cccc4c3Cc3ccccc3-4)ncc21. The molecule has 27 heavy (non-hydrogen) atoms. The molecule has 3 aromatic rings. The summed E-state index contributed by atoms with van der Waals surface area (Å²) in [7, 11) is 0. The van der Waals surface area contributed by atoms with Gasteiger partial charge in [0.15, 0.2) is 0 Å². The van der Waals surface area contributed by atoms with E-state index in [1.54, 1.807) is 0 Å². The van der Waals surface area contributed by atoms with Gasteiger partial charge in [0, 0.05) is 11.8 Å². The number of hydrogen-bond acceptors (Lipinski definition) is 1. The van der Waals surface area contributed by atoms with E-state index in [9.17, 15) is 0 Å². The van der Waals surface area contributed by atoms with E-state index in [-0.39, 0.29) is 10.8 Å². The van der Waals surface area contributed by atoms with E-state index in [2.05, 4.69) is 82.4 Å². The lowest BCUT2D eigenvalue weighted by Gasteiger charge is -2.41. The third-order valence-electron chi connectivity index (χ3n) is 6.86. The maximum Gasteiger partial charge on any atom is 0.0708 e. The molecule has 0 aliphatic heterocycles. The van der Waals surface area contributed by atoms with E-state index < -0.39 is 0 Å². The molecule has 0 bridgehead atoms. The molecule has 2 aromatic carbocycles. The van der Waals surface area contributed by atoms with Crippen LogP contribution >= 0.6 is 0 Å². The lowest BCUT2D eigenvalue weighted by atomic mass is 9.63. The van der Waals surface area contributed by atoms with Gasteiger partial charge in [-0.25, -0.2) is 0 Å². The molecule has 0 saturated carbocycles. The maximum atomic E-state index is 4.96. The van der Waals surface area contributed by atoms with Crippen molar-refractivity contribution < 1.29 is 0 Å². The van der Waals surface area contributed by atoms with Crippen LogP contribution in [0.2, 0.25) is 0 Å². The molecule has 2 aliphatic rings. The van der Waals surface area contributed by atoms with E-state index in [0.29, 0.717) is 0 Å². The lowest BCUT2D eigenvalue weighted by Crippen LogP contribution is -2.34. The molecule has 0 N–H and O–H groups in total. The summed E-state index contributed by atoms with van der Waals surface area (Å²) in [6.07, 6.45) is 5.63. The van der Waals surface area contributed by atoms with Gasteiger partial charge in [0.1, 0.15) is 0 Å². The normalized spacial score (nSPS) is 18.5. The average molecular weight is 354 g/mol. The van der Waals surface area contributed by atoms with Crippen LogP contribution in [-0.4, -0.2) is 4.98 Å². The molecule has 0 unspecified atom stereocenters. The standard InChI is InChI=1S/C26H27N/c1-25(2)12-13-26(3,4)23-16-27-24(15-22(23)25)20-11-7-10-19-18-9-6-5-8-17(18)14-21(19)20/h5-11,15-16H,12-14H2,1-4H3. The third kappa shape index (κ3) is 2.48. The second-order valence-electron chi connectivity index (χ2n) is 9.55. The van der Waals surface area contributed by atoms with Crippen LogP contribution in [0.25, 0.3) is 22.4 Å². The minimum absolute atomic E-state index is 0.212. The van der Waals surface area contributed by atoms with Gasteiger partial charge in [-0.3, -0.25) is 4.98 Å². The first-order valence-electron chi connectivity index (χ1n) is 10.1. The number of fused-ring (bicyclic) bond motifs is 4. The Morgan fingerprint density at radius 2 is 1.41 bits per heavy atom. The summed E-state index contributed by atoms with van der Waals surface area (Å²) < 4.78 is 0. The zero-order valence-corrected chi connectivity index (χ0v) is 16.8. The van der Waals surface area contributed by atoms with Crippen molar-refractivity contribution >= 4 is 0 Å². The minimum Gasteiger partial charge on any atom is -0.256 e. The van der Waals surface area contributed by atoms with Crippen molar-refractivity contribution in [2.75, 3.05) is 0 Å². The number of benzene rings is 2. The van der Waals surface area contributed by atoms with Gasteiger partial charge in [0.05, 0.1) is 5.69 Å². The van der Waals surface area contributed by atoms with Crippen LogP contribution < -0.4 is 0 Å². The van der Waals surface area contributed by atoms with E-state index in [1.807, 2.05) is 0 Å². The predicted molar refractivity (Wildman–Crippen MR) is 113 cm³/mol. The average Bonchev–Trinajstić information content (AvgIpc) is 3.04. The number of aromatic nitrogens is 1. The largest absolute Gasteiger partial charge is 0.256 e. The highest BCUT2D eigenvalue weighted by Crippen LogP contribution is 2.47. The van der Waals surface area contributed by atoms with Crippen LogP contribution in [0, 0.1) is 0 Å². The van der Waals surface area contributed by atoms with Crippen LogP contribution in [0.1, 0.15) is 62.8 Å². The molecule has 1 heterocycles. The molecule has 0 atom stereocenters. The first kappa shape index (κ1) is 16.7. The van der Waals surface area contributed by atoms with Gasteiger partial charge in [-0.2, -0.15) is 0 Å². The summed E-state index contributed by atoms with van der Waals surface area (Å²) in [5.41, 5.74) is 11.4. The Morgan fingerprint density at radius 1 is 0.741 bits per heavy atom. The minimum atomic E-state index is 0.212. The van der Waals surface area contributed by atoms with Crippen molar-refractivity contribution in [2.24, 2.45) is 0 Å². The Morgan fingerprint density at radius 3 is 2.22 bits per heavy atom. The van der Waals surface area contributed by atoms with Gasteiger partial charge in [0.2, 0.25) is 0 Å². The van der Waals surface area contributed by atoms with Crippen LogP contribution in [0.4, 0.5) is 0 Å². The van der Waals surface area contributed by atoms with Crippen molar-refractivity contribution in [3.8, 4) is 22.4 Å². The molecule has 136 valence electrons. The number of rotatable bonds is 1. The molecular weight excluding hydrogens is 326 g/mol. The second kappa shape index (κ2) is 5.55.